The molecule has 0 radical (unpaired) electrons. The molecular formula is C25H27BrN5O3W-. The van der Waals surface area contributed by atoms with E-state index in [1.807, 2.05) is 56.3 Å². The molecule has 2 heterocycles. The van der Waals surface area contributed by atoms with Crippen molar-refractivity contribution in [2.24, 2.45) is 4.99 Å². The second-order valence-electron chi connectivity index (χ2n) is 8.26. The Morgan fingerprint density at radius 1 is 1.14 bits per heavy atom. The SMILES string of the molecule is C/C(=N/C(OCc1cccc(C)n1)=C(\O)Br)[N-]c1cccc(-c2nc(C(C)(C)O)ncc2C)c1.[W]. The fraction of sp³-hybridized carbons (Fsp3) is 0.280. The van der Waals surface area contributed by atoms with Gasteiger partial charge in [-0.25, -0.2) is 9.97 Å². The van der Waals surface area contributed by atoms with E-state index < -0.39 is 5.60 Å². The van der Waals surface area contributed by atoms with Crippen LogP contribution in [0.5, 0.6) is 0 Å². The summed E-state index contributed by atoms with van der Waals surface area (Å²) in [6.07, 6.45) is 1.70. The van der Waals surface area contributed by atoms with Crippen LogP contribution in [0, 0.1) is 13.8 Å². The summed E-state index contributed by atoms with van der Waals surface area (Å²) in [5.74, 6) is 0.727. The zero-order valence-electron chi connectivity index (χ0n) is 20.2. The molecule has 3 aromatic rings. The van der Waals surface area contributed by atoms with Gasteiger partial charge in [-0.3, -0.25) is 4.98 Å². The van der Waals surface area contributed by atoms with E-state index in [4.69, 9.17) is 4.74 Å². The van der Waals surface area contributed by atoms with Crippen molar-refractivity contribution in [3.63, 3.8) is 0 Å². The normalized spacial score (nSPS) is 12.5. The molecule has 0 saturated heterocycles. The zero-order valence-corrected chi connectivity index (χ0v) is 24.7. The van der Waals surface area contributed by atoms with Crippen LogP contribution >= 0.6 is 15.9 Å². The van der Waals surface area contributed by atoms with E-state index >= 15 is 0 Å². The van der Waals surface area contributed by atoms with Crippen LogP contribution in [0.3, 0.4) is 0 Å². The minimum Gasteiger partial charge on any atom is -0.499 e. The molecule has 0 fully saturated rings. The molecule has 10 heteroatoms. The van der Waals surface area contributed by atoms with E-state index in [0.29, 0.717) is 23.0 Å². The first kappa shape index (κ1) is 28.6. The van der Waals surface area contributed by atoms with Gasteiger partial charge in [0.05, 0.1) is 11.4 Å². The van der Waals surface area contributed by atoms with Crippen molar-refractivity contribution in [3.8, 4) is 11.3 Å². The van der Waals surface area contributed by atoms with Crippen LogP contribution in [0.1, 0.15) is 43.5 Å². The summed E-state index contributed by atoms with van der Waals surface area (Å²) in [5, 5.41) is 24.8. The summed E-state index contributed by atoms with van der Waals surface area (Å²) in [7, 11) is 0. The molecule has 0 atom stereocenters. The number of aliphatic hydroxyl groups is 2. The minimum absolute atomic E-state index is 0. The topological polar surface area (TPSA) is 115 Å². The molecule has 0 aliphatic carbocycles. The Hall–Kier alpha value is -2.61. The van der Waals surface area contributed by atoms with E-state index in [0.717, 1.165) is 22.5 Å². The first-order chi connectivity index (χ1) is 16.0. The molecular weight excluding hydrogens is 682 g/mol. The van der Waals surface area contributed by atoms with Crippen molar-refractivity contribution < 1.29 is 36.0 Å². The quantitative estimate of drug-likeness (QED) is 0.174. The number of hydrogen-bond acceptors (Lipinski definition) is 7. The Labute approximate surface area is 228 Å². The van der Waals surface area contributed by atoms with Crippen molar-refractivity contribution in [1.82, 2.24) is 15.0 Å². The predicted octanol–water partition coefficient (Wildman–Crippen LogP) is 6.10. The van der Waals surface area contributed by atoms with E-state index in [1.54, 1.807) is 27.0 Å². The van der Waals surface area contributed by atoms with Crippen LogP contribution in [0.4, 0.5) is 5.69 Å². The molecule has 184 valence electrons. The summed E-state index contributed by atoms with van der Waals surface area (Å²) in [5.41, 5.74) is 3.51. The maximum atomic E-state index is 10.3. The largest absolute Gasteiger partial charge is 0.499 e. The van der Waals surface area contributed by atoms with Gasteiger partial charge in [-0.05, 0) is 80.0 Å². The van der Waals surface area contributed by atoms with E-state index in [-0.39, 0.29) is 38.2 Å². The minimum atomic E-state index is -1.15. The van der Waals surface area contributed by atoms with Crippen molar-refractivity contribution in [3.05, 3.63) is 87.3 Å². The molecule has 8 nitrogen and oxygen atoms in total. The molecule has 0 aliphatic rings. The number of pyridine rings is 1. The number of amidine groups is 1. The number of halogens is 1. The van der Waals surface area contributed by atoms with Gasteiger partial charge in [0.1, 0.15) is 12.2 Å². The first-order valence-corrected chi connectivity index (χ1v) is 11.4. The van der Waals surface area contributed by atoms with Crippen LogP contribution in [-0.2, 0) is 38.0 Å². The Morgan fingerprint density at radius 2 is 1.86 bits per heavy atom. The maximum Gasteiger partial charge on any atom is 0.198 e. The van der Waals surface area contributed by atoms with E-state index in [1.165, 1.54) is 0 Å². The number of aliphatic hydroxyl groups excluding tert-OH is 1. The number of hydrogen-bond donors (Lipinski definition) is 2. The second kappa shape index (κ2) is 12.4. The predicted molar refractivity (Wildman–Crippen MR) is 136 cm³/mol. The number of rotatable bonds is 7. The van der Waals surface area contributed by atoms with Gasteiger partial charge in [0.15, 0.2) is 16.4 Å². The van der Waals surface area contributed by atoms with Crippen LogP contribution < -0.4 is 0 Å². The fourth-order valence-corrected chi connectivity index (χ4v) is 3.27. The number of aryl methyl sites for hydroxylation is 2. The molecule has 0 unspecified atom stereocenters. The van der Waals surface area contributed by atoms with Gasteiger partial charge in [-0.1, -0.05) is 30.1 Å². The molecule has 2 aromatic heterocycles. The molecule has 35 heavy (non-hydrogen) atoms. The summed E-state index contributed by atoms with van der Waals surface area (Å²) < 4.78 is 5.40. The third-order valence-electron chi connectivity index (χ3n) is 4.67. The van der Waals surface area contributed by atoms with Gasteiger partial charge < -0.3 is 25.3 Å². The second-order valence-corrected chi connectivity index (χ2v) is 9.01. The van der Waals surface area contributed by atoms with Crippen LogP contribution in [0.15, 0.2) is 64.2 Å². The number of ether oxygens (including phenoxy) is 1. The van der Waals surface area contributed by atoms with Gasteiger partial charge in [-0.15, -0.1) is 0 Å². The third-order valence-corrected chi connectivity index (χ3v) is 5.01. The molecule has 0 saturated carbocycles. The van der Waals surface area contributed by atoms with Crippen molar-refractivity contribution in [1.29, 1.82) is 0 Å². The molecule has 0 amide bonds. The average Bonchev–Trinajstić information content (AvgIpc) is 2.76. The molecule has 2 N–H and O–H groups in total. The van der Waals surface area contributed by atoms with Crippen LogP contribution in [-0.4, -0.2) is 31.0 Å². The van der Waals surface area contributed by atoms with Crippen molar-refractivity contribution in [2.45, 2.75) is 46.8 Å². The number of aromatic nitrogens is 3. The number of nitrogens with zero attached hydrogens (tertiary/aromatic N) is 5. The van der Waals surface area contributed by atoms with E-state index in [2.05, 4.69) is 41.2 Å². The van der Waals surface area contributed by atoms with E-state index in [9.17, 15) is 10.2 Å². The number of benzene rings is 1. The summed E-state index contributed by atoms with van der Waals surface area (Å²) >= 11 is 3.02. The molecule has 0 bridgehead atoms. The molecule has 3 rings (SSSR count). The third kappa shape index (κ3) is 8.23. The Bertz CT molecular complexity index is 1240. The van der Waals surface area contributed by atoms with Crippen molar-refractivity contribution in [2.75, 3.05) is 0 Å². The smallest absolute Gasteiger partial charge is 0.198 e. The summed E-state index contributed by atoms with van der Waals surface area (Å²) in [6, 6.07) is 13.1. The monoisotopic (exact) mass is 708 g/mol. The van der Waals surface area contributed by atoms with Crippen molar-refractivity contribution >= 4 is 27.5 Å². The molecule has 0 aliphatic heterocycles. The molecule has 0 spiro atoms. The van der Waals surface area contributed by atoms with Crippen LogP contribution in [0.2, 0.25) is 0 Å². The Kier molecular flexibility index (Phi) is 10.1. The zero-order chi connectivity index (χ0) is 24.9. The number of aliphatic imine (C=N–C) groups is 1. The van der Waals surface area contributed by atoms with Crippen LogP contribution in [0.25, 0.3) is 16.6 Å². The van der Waals surface area contributed by atoms with Gasteiger partial charge in [0.25, 0.3) is 0 Å². The molecule has 1 aromatic carbocycles. The Morgan fingerprint density at radius 3 is 2.51 bits per heavy atom. The first-order valence-electron chi connectivity index (χ1n) is 10.6. The van der Waals surface area contributed by atoms with Gasteiger partial charge in [-0.2, -0.15) is 0 Å². The Balaban J connectivity index is 0.00000432. The fourth-order valence-electron chi connectivity index (χ4n) is 3.07. The average molecular weight is 709 g/mol. The standard InChI is InChI=1S/C25H27BrN5O3.W/c1-15-13-27-24(25(4,5)33)31-21(15)18-9-7-10-19(12-18)29-17(3)30-23(22(26)32)34-14-20-11-6-8-16(2)28-20;/h6-13,33H,14H2,1-5H3,(H-,29,30,32);/q-1;/b23-22+;. The van der Waals surface area contributed by atoms with Gasteiger partial charge >= 0.3 is 0 Å². The summed E-state index contributed by atoms with van der Waals surface area (Å²) in [4.78, 5) is 17.5. The summed E-state index contributed by atoms with van der Waals surface area (Å²) in [6.45, 7) is 8.96. The maximum absolute atomic E-state index is 10.3. The van der Waals surface area contributed by atoms with Gasteiger partial charge in [0.2, 0.25) is 0 Å². The van der Waals surface area contributed by atoms with Gasteiger partial charge in [0, 0.05) is 38.5 Å².